The molecule has 1 aliphatic rings. The first-order valence-electron chi connectivity index (χ1n) is 9.38. The smallest absolute Gasteiger partial charge is 0.227 e. The lowest BCUT2D eigenvalue weighted by atomic mass is 9.86. The van der Waals surface area contributed by atoms with Crippen molar-refractivity contribution in [3.05, 3.63) is 59.3 Å². The summed E-state index contributed by atoms with van der Waals surface area (Å²) in [5.41, 5.74) is 3.70. The van der Waals surface area contributed by atoms with Gasteiger partial charge in [0.25, 0.3) is 0 Å². The van der Waals surface area contributed by atoms with Gasteiger partial charge in [-0.25, -0.2) is 4.98 Å². The zero-order chi connectivity index (χ0) is 18.7. The first-order valence-corrected chi connectivity index (χ1v) is 9.38. The number of benzene rings is 1. The maximum absolute atomic E-state index is 12.6. The van der Waals surface area contributed by atoms with Crippen LogP contribution in [0, 0.1) is 6.92 Å². The standard InChI is InChI=1S/C22H29N3O/c1-17-5-10-20(23-16-17)24-11-13-25(14-12-24)21(26)15-18-6-8-19(9-7-18)22(2,3)4/h5-10,16H,11-15H2,1-4H3. The molecule has 1 aromatic heterocycles. The van der Waals surface area contributed by atoms with Crippen molar-refractivity contribution in [2.75, 3.05) is 31.1 Å². The molecule has 1 aromatic carbocycles. The van der Waals surface area contributed by atoms with Crippen LogP contribution in [0.2, 0.25) is 0 Å². The van der Waals surface area contributed by atoms with Crippen molar-refractivity contribution in [1.82, 2.24) is 9.88 Å². The largest absolute Gasteiger partial charge is 0.353 e. The van der Waals surface area contributed by atoms with E-state index in [0.717, 1.165) is 37.6 Å². The molecule has 1 aliphatic heterocycles. The van der Waals surface area contributed by atoms with Gasteiger partial charge in [-0.2, -0.15) is 0 Å². The highest BCUT2D eigenvalue weighted by Gasteiger charge is 2.22. The summed E-state index contributed by atoms with van der Waals surface area (Å²) < 4.78 is 0. The molecule has 138 valence electrons. The molecule has 1 fully saturated rings. The van der Waals surface area contributed by atoms with Crippen LogP contribution in [0.15, 0.2) is 42.6 Å². The second-order valence-corrected chi connectivity index (χ2v) is 8.19. The van der Waals surface area contributed by atoms with Gasteiger partial charge < -0.3 is 9.80 Å². The molecule has 1 amide bonds. The Hall–Kier alpha value is -2.36. The Morgan fingerprint density at radius 3 is 2.19 bits per heavy atom. The van der Waals surface area contributed by atoms with Crippen molar-refractivity contribution in [1.29, 1.82) is 0 Å². The maximum atomic E-state index is 12.6. The van der Waals surface area contributed by atoms with Crippen LogP contribution < -0.4 is 4.90 Å². The van der Waals surface area contributed by atoms with Gasteiger partial charge in [0.05, 0.1) is 6.42 Å². The quantitative estimate of drug-likeness (QED) is 0.848. The molecule has 2 aromatic rings. The third kappa shape index (κ3) is 4.43. The van der Waals surface area contributed by atoms with Gasteiger partial charge in [-0.3, -0.25) is 4.79 Å². The number of hydrogen-bond acceptors (Lipinski definition) is 3. The number of pyridine rings is 1. The van der Waals surface area contributed by atoms with Crippen LogP contribution >= 0.6 is 0 Å². The molecule has 0 atom stereocenters. The van der Waals surface area contributed by atoms with E-state index in [1.807, 2.05) is 18.0 Å². The lowest BCUT2D eigenvalue weighted by molar-refractivity contribution is -0.130. The van der Waals surface area contributed by atoms with Gasteiger partial charge in [-0.1, -0.05) is 51.1 Å². The average molecular weight is 351 g/mol. The number of carbonyl (C=O) groups excluding carboxylic acids is 1. The van der Waals surface area contributed by atoms with Gasteiger partial charge in [0.1, 0.15) is 5.82 Å². The minimum atomic E-state index is 0.142. The molecule has 4 heteroatoms. The Labute approximate surface area is 156 Å². The molecule has 0 radical (unpaired) electrons. The summed E-state index contributed by atoms with van der Waals surface area (Å²) in [7, 11) is 0. The Balaban J connectivity index is 1.54. The van der Waals surface area contributed by atoms with E-state index in [1.54, 1.807) is 0 Å². The number of rotatable bonds is 3. The number of nitrogens with zero attached hydrogens (tertiary/aromatic N) is 3. The van der Waals surface area contributed by atoms with Crippen molar-refractivity contribution in [3.63, 3.8) is 0 Å². The molecule has 26 heavy (non-hydrogen) atoms. The molecule has 0 aliphatic carbocycles. The van der Waals surface area contributed by atoms with Crippen molar-refractivity contribution in [2.24, 2.45) is 0 Å². The first kappa shape index (κ1) is 18.4. The summed E-state index contributed by atoms with van der Waals surface area (Å²) in [4.78, 5) is 21.3. The van der Waals surface area contributed by atoms with Gasteiger partial charge in [0, 0.05) is 32.4 Å². The molecule has 0 spiro atoms. The van der Waals surface area contributed by atoms with Crippen molar-refractivity contribution in [3.8, 4) is 0 Å². The molecule has 3 rings (SSSR count). The molecule has 4 nitrogen and oxygen atoms in total. The summed E-state index contributed by atoms with van der Waals surface area (Å²) in [5, 5.41) is 0. The number of hydrogen-bond donors (Lipinski definition) is 0. The molecule has 1 saturated heterocycles. The van der Waals surface area contributed by atoms with E-state index in [2.05, 4.69) is 67.1 Å². The molecule has 2 heterocycles. The molecular weight excluding hydrogens is 322 g/mol. The Morgan fingerprint density at radius 2 is 1.65 bits per heavy atom. The average Bonchev–Trinajstić information content (AvgIpc) is 2.62. The minimum absolute atomic E-state index is 0.142. The van der Waals surface area contributed by atoms with E-state index in [9.17, 15) is 4.79 Å². The fourth-order valence-corrected chi connectivity index (χ4v) is 3.24. The zero-order valence-electron chi connectivity index (χ0n) is 16.3. The number of anilines is 1. The highest BCUT2D eigenvalue weighted by Crippen LogP contribution is 2.22. The van der Waals surface area contributed by atoms with Crippen LogP contribution in [-0.4, -0.2) is 42.0 Å². The predicted molar refractivity (Wildman–Crippen MR) is 107 cm³/mol. The fourth-order valence-electron chi connectivity index (χ4n) is 3.24. The minimum Gasteiger partial charge on any atom is -0.353 e. The van der Waals surface area contributed by atoms with E-state index < -0.39 is 0 Å². The van der Waals surface area contributed by atoms with E-state index in [-0.39, 0.29) is 11.3 Å². The van der Waals surface area contributed by atoms with Crippen LogP contribution in [0.5, 0.6) is 0 Å². The SMILES string of the molecule is Cc1ccc(N2CCN(C(=O)Cc3ccc(C(C)(C)C)cc3)CC2)nc1. The second kappa shape index (κ2) is 7.48. The fraction of sp³-hybridized carbons (Fsp3) is 0.455. The third-order valence-electron chi connectivity index (χ3n) is 5.03. The van der Waals surface area contributed by atoms with Crippen LogP contribution in [0.4, 0.5) is 5.82 Å². The van der Waals surface area contributed by atoms with Crippen molar-refractivity contribution >= 4 is 11.7 Å². The van der Waals surface area contributed by atoms with Gasteiger partial charge in [-0.05, 0) is 35.1 Å². The summed E-state index contributed by atoms with van der Waals surface area (Å²) in [5.74, 6) is 1.21. The maximum Gasteiger partial charge on any atom is 0.227 e. The second-order valence-electron chi connectivity index (χ2n) is 8.19. The molecule has 0 unspecified atom stereocenters. The van der Waals surface area contributed by atoms with Crippen molar-refractivity contribution in [2.45, 2.75) is 39.5 Å². The predicted octanol–water partition coefficient (Wildman–Crippen LogP) is 3.58. The van der Waals surface area contributed by atoms with Crippen LogP contribution in [0.25, 0.3) is 0 Å². The molecule has 0 N–H and O–H groups in total. The Morgan fingerprint density at radius 1 is 1.00 bits per heavy atom. The number of piperazine rings is 1. The number of amides is 1. The number of carbonyl (C=O) groups is 1. The highest BCUT2D eigenvalue weighted by atomic mass is 16.2. The van der Waals surface area contributed by atoms with Crippen LogP contribution in [0.1, 0.15) is 37.5 Å². The summed E-state index contributed by atoms with van der Waals surface area (Å²) >= 11 is 0. The number of aryl methyl sites for hydroxylation is 1. The van der Waals surface area contributed by atoms with Gasteiger partial charge in [0.2, 0.25) is 5.91 Å². The highest BCUT2D eigenvalue weighted by molar-refractivity contribution is 5.79. The Bertz CT molecular complexity index is 736. The van der Waals surface area contributed by atoms with Gasteiger partial charge in [-0.15, -0.1) is 0 Å². The Kier molecular flexibility index (Phi) is 5.30. The van der Waals surface area contributed by atoms with Gasteiger partial charge >= 0.3 is 0 Å². The zero-order valence-corrected chi connectivity index (χ0v) is 16.3. The van der Waals surface area contributed by atoms with E-state index in [0.29, 0.717) is 6.42 Å². The topological polar surface area (TPSA) is 36.4 Å². The van der Waals surface area contributed by atoms with E-state index in [1.165, 1.54) is 11.1 Å². The molecule has 0 bridgehead atoms. The summed E-state index contributed by atoms with van der Waals surface area (Å²) in [6.07, 6.45) is 2.38. The van der Waals surface area contributed by atoms with E-state index >= 15 is 0 Å². The normalized spacial score (nSPS) is 15.2. The third-order valence-corrected chi connectivity index (χ3v) is 5.03. The summed E-state index contributed by atoms with van der Waals surface area (Å²) in [6.45, 7) is 11.8. The van der Waals surface area contributed by atoms with Crippen molar-refractivity contribution < 1.29 is 4.79 Å². The van der Waals surface area contributed by atoms with Gasteiger partial charge in [0.15, 0.2) is 0 Å². The van der Waals surface area contributed by atoms with Crippen LogP contribution in [-0.2, 0) is 16.6 Å². The molecule has 0 saturated carbocycles. The lowest BCUT2D eigenvalue weighted by Crippen LogP contribution is -2.49. The van der Waals surface area contributed by atoms with E-state index in [4.69, 9.17) is 0 Å². The number of aromatic nitrogens is 1. The van der Waals surface area contributed by atoms with Crippen LogP contribution in [0.3, 0.4) is 0 Å². The first-order chi connectivity index (χ1) is 12.3. The monoisotopic (exact) mass is 351 g/mol. The lowest BCUT2D eigenvalue weighted by Gasteiger charge is -2.35. The molecular formula is C22H29N3O. The summed E-state index contributed by atoms with van der Waals surface area (Å²) in [6, 6.07) is 12.6.